The number of hydrogen-bond acceptors (Lipinski definition) is 7. The van der Waals surface area contributed by atoms with Crippen molar-refractivity contribution >= 4 is 43.4 Å². The molecule has 0 fully saturated rings. The Balaban J connectivity index is 0.000000155. The van der Waals surface area contributed by atoms with Crippen LogP contribution in [0.25, 0.3) is 184 Å². The molecule has 0 atom stereocenters. The topological polar surface area (TPSA) is 95.2 Å². The molecule has 0 unspecified atom stereocenters. The maximum atomic E-state index is 5.24. The van der Waals surface area contributed by atoms with Gasteiger partial charge in [0.05, 0.1) is 28.1 Å². The predicted molar refractivity (Wildman–Crippen MR) is 432 cm³/mol. The lowest BCUT2D eigenvalue weighted by atomic mass is 9.85. The molecule has 19 rings (SSSR count). The molecule has 0 aliphatic carbocycles. The predicted octanol–water partition coefficient (Wildman–Crippen LogP) is 24.5. The van der Waals surface area contributed by atoms with Gasteiger partial charge in [-0.3, -0.25) is 4.57 Å². The van der Waals surface area contributed by atoms with Gasteiger partial charge in [-0.05, 0) is 155 Å². The summed E-state index contributed by atoms with van der Waals surface area (Å²) in [6, 6.07) is 135. The molecule has 105 heavy (non-hydrogen) atoms. The van der Waals surface area contributed by atoms with Crippen LogP contribution in [0.2, 0.25) is 0 Å². The van der Waals surface area contributed by atoms with Crippen molar-refractivity contribution in [3.8, 4) is 141 Å². The van der Waals surface area contributed by atoms with Crippen LogP contribution in [0.1, 0.15) is 0 Å². The molecule has 19 aromatic rings. The molecule has 0 saturated carbocycles. The maximum Gasteiger partial charge on any atom is 0.182 e. The molecule has 0 aliphatic rings. The van der Waals surface area contributed by atoms with Gasteiger partial charge in [-0.1, -0.05) is 322 Å². The minimum Gasteiger partial charge on any atom is -0.292 e. The van der Waals surface area contributed by atoms with Crippen molar-refractivity contribution in [1.82, 2.24) is 39.5 Å². The van der Waals surface area contributed by atoms with E-state index in [9.17, 15) is 0 Å². The Morgan fingerprint density at radius 1 is 0.181 bits per heavy atom. The number of para-hydroxylation sites is 2. The second-order valence-electron chi connectivity index (χ2n) is 26.0. The number of rotatable bonds is 13. The molecular formula is C97H64N8. The first-order chi connectivity index (χ1) is 52.0. The molecule has 0 aliphatic heterocycles. The van der Waals surface area contributed by atoms with Crippen LogP contribution in [-0.2, 0) is 0 Å². The number of nitrogens with zero attached hydrogens (tertiary/aromatic N) is 8. The van der Waals surface area contributed by atoms with Crippen LogP contribution in [-0.4, -0.2) is 39.5 Å². The van der Waals surface area contributed by atoms with Gasteiger partial charge in [0.25, 0.3) is 0 Å². The summed E-state index contributed by atoms with van der Waals surface area (Å²) in [5.74, 6) is 2.17. The summed E-state index contributed by atoms with van der Waals surface area (Å²) in [5.41, 5.74) is 22.6. The zero-order valence-electron chi connectivity index (χ0n) is 57.0. The van der Waals surface area contributed by atoms with Crippen LogP contribution in [0.4, 0.5) is 0 Å². The molecule has 0 radical (unpaired) electrons. The molecule has 5 aromatic heterocycles. The zero-order chi connectivity index (χ0) is 69.8. The van der Waals surface area contributed by atoms with E-state index in [-0.39, 0.29) is 0 Å². The smallest absolute Gasteiger partial charge is 0.182 e. The van der Waals surface area contributed by atoms with Gasteiger partial charge in [0.1, 0.15) is 22.9 Å². The highest BCUT2D eigenvalue weighted by Crippen LogP contribution is 2.45. The fourth-order valence-corrected chi connectivity index (χ4v) is 14.3. The Morgan fingerprint density at radius 2 is 0.495 bits per heavy atom. The average Bonchev–Trinajstić information content (AvgIpc) is 1.32. The van der Waals surface area contributed by atoms with E-state index in [1.807, 2.05) is 115 Å². The molecule has 0 amide bonds. The summed E-state index contributed by atoms with van der Waals surface area (Å²) in [5, 5.41) is 7.54. The molecule has 0 bridgehead atoms. The van der Waals surface area contributed by atoms with Gasteiger partial charge in [0.15, 0.2) is 17.5 Å². The Kier molecular flexibility index (Phi) is 16.8. The van der Waals surface area contributed by atoms with Crippen LogP contribution in [0.5, 0.6) is 0 Å². The Labute approximate surface area is 608 Å². The quantitative estimate of drug-likeness (QED) is 0.106. The van der Waals surface area contributed by atoms with Crippen LogP contribution < -0.4 is 0 Å². The normalized spacial score (nSPS) is 11.2. The highest BCUT2D eigenvalue weighted by molar-refractivity contribution is 6.21. The van der Waals surface area contributed by atoms with Gasteiger partial charge >= 0.3 is 0 Å². The van der Waals surface area contributed by atoms with Crippen molar-refractivity contribution in [3.05, 3.63) is 388 Å². The Morgan fingerprint density at radius 3 is 0.905 bits per heavy atom. The van der Waals surface area contributed by atoms with Crippen molar-refractivity contribution in [3.63, 3.8) is 0 Å². The number of pyridine rings is 3. The third-order valence-electron chi connectivity index (χ3n) is 19.3. The number of benzene rings is 14. The average molecular weight is 1340 g/mol. The van der Waals surface area contributed by atoms with Crippen molar-refractivity contribution in [1.29, 1.82) is 0 Å². The highest BCUT2D eigenvalue weighted by atomic mass is 15.1. The van der Waals surface area contributed by atoms with Crippen LogP contribution in [0.15, 0.2) is 388 Å². The summed E-state index contributed by atoms with van der Waals surface area (Å²) in [6.07, 6.45) is 0. The van der Waals surface area contributed by atoms with E-state index >= 15 is 0 Å². The number of hydrogen-bond donors (Lipinski definition) is 0. The molecule has 0 N–H and O–H groups in total. The second kappa shape index (κ2) is 28.1. The van der Waals surface area contributed by atoms with Gasteiger partial charge in [-0.2, -0.15) is 0 Å². The molecule has 5 heterocycles. The Hall–Kier alpha value is -14.2. The molecular weight excluding hydrogens is 1280 g/mol. The lowest BCUT2D eigenvalue weighted by molar-refractivity contribution is 1.04. The van der Waals surface area contributed by atoms with Crippen molar-refractivity contribution in [2.45, 2.75) is 0 Å². The summed E-state index contributed by atoms with van der Waals surface area (Å²) in [4.78, 5) is 36.4. The number of aromatic nitrogens is 8. The van der Waals surface area contributed by atoms with Crippen molar-refractivity contribution in [2.24, 2.45) is 0 Å². The van der Waals surface area contributed by atoms with Gasteiger partial charge in [0.2, 0.25) is 0 Å². The first kappa shape index (κ1) is 63.0. The maximum absolute atomic E-state index is 5.24. The minimum atomic E-state index is 0.409. The molecule has 8 nitrogen and oxygen atoms in total. The summed E-state index contributed by atoms with van der Waals surface area (Å²) in [7, 11) is 0. The third kappa shape index (κ3) is 12.8. The van der Waals surface area contributed by atoms with E-state index in [2.05, 4.69) is 278 Å². The SMILES string of the molecule is c1ccc(-c2cc(-c3ccccc3)nc(-c3nc(-c4cc(-c5ccccc5)cc(-c5ccccc5)n4)nc(-c4cc(-c5ccccc5)cc(-c5ccccc5)n4)n3)c2)cc1.c1ccc(-c2nc3ccccc3n2-c2ccc(-c3c4ccccc4c(-c4ccc5ccccc5c4)c4ccccc34)cc2)cc1. The first-order valence-electron chi connectivity index (χ1n) is 35.3. The molecule has 14 aromatic carbocycles. The lowest BCUT2D eigenvalue weighted by Gasteiger charge is -2.18. The highest BCUT2D eigenvalue weighted by Gasteiger charge is 2.23. The van der Waals surface area contributed by atoms with E-state index < -0.39 is 0 Å². The van der Waals surface area contributed by atoms with Crippen molar-refractivity contribution in [2.75, 3.05) is 0 Å². The molecule has 0 spiro atoms. The van der Waals surface area contributed by atoms with Gasteiger partial charge in [-0.25, -0.2) is 34.9 Å². The van der Waals surface area contributed by atoms with E-state index in [0.717, 1.165) is 95.3 Å². The summed E-state index contributed by atoms with van der Waals surface area (Å²) < 4.78 is 2.27. The molecule has 492 valence electrons. The standard InChI is InChI=1S/C54H36N6.C43H28N2/c1-7-19-37(20-8-1)43-31-46(40-25-13-4-14-26-40)55-49(34-43)52-58-53(50-35-44(38-21-9-2-10-22-38)32-47(56-50)41-27-15-5-16-28-41)60-54(59-52)51-36-45(39-23-11-3-12-24-39)33-48(57-51)42-29-17-6-18-30-42;1-2-13-31(14-3-1)43-44-39-20-10-11-21-40(39)45(43)34-26-24-30(25-27-34)41-35-16-6-8-18-37(35)42(38-19-9-7-17-36(38)41)33-23-22-29-12-4-5-15-32(29)28-33/h1-36H;1-28H. The van der Waals surface area contributed by atoms with Crippen LogP contribution in [0, 0.1) is 0 Å². The monoisotopic (exact) mass is 1340 g/mol. The van der Waals surface area contributed by atoms with Crippen LogP contribution >= 0.6 is 0 Å². The third-order valence-corrected chi connectivity index (χ3v) is 19.3. The van der Waals surface area contributed by atoms with Gasteiger partial charge < -0.3 is 0 Å². The Bertz CT molecular complexity index is 5780. The van der Waals surface area contributed by atoms with E-state index in [0.29, 0.717) is 34.6 Å². The minimum absolute atomic E-state index is 0.409. The molecule has 8 heteroatoms. The van der Waals surface area contributed by atoms with Crippen molar-refractivity contribution < 1.29 is 0 Å². The van der Waals surface area contributed by atoms with Gasteiger partial charge in [0, 0.05) is 27.9 Å². The first-order valence-corrected chi connectivity index (χ1v) is 35.3. The summed E-state index contributed by atoms with van der Waals surface area (Å²) >= 11 is 0. The summed E-state index contributed by atoms with van der Waals surface area (Å²) in [6.45, 7) is 0. The van der Waals surface area contributed by atoms with Gasteiger partial charge in [-0.15, -0.1) is 0 Å². The fourth-order valence-electron chi connectivity index (χ4n) is 14.3. The number of fused-ring (bicyclic) bond motifs is 4. The van der Waals surface area contributed by atoms with E-state index in [4.69, 9.17) is 34.9 Å². The van der Waals surface area contributed by atoms with E-state index in [1.54, 1.807) is 0 Å². The zero-order valence-corrected chi connectivity index (χ0v) is 57.0. The van der Waals surface area contributed by atoms with Crippen LogP contribution in [0.3, 0.4) is 0 Å². The molecule has 0 saturated heterocycles. The van der Waals surface area contributed by atoms with E-state index in [1.165, 1.54) is 54.6 Å². The number of imidazole rings is 1. The second-order valence-corrected chi connectivity index (χ2v) is 26.0. The lowest BCUT2D eigenvalue weighted by Crippen LogP contribution is -2.05. The largest absolute Gasteiger partial charge is 0.292 e. The fraction of sp³-hybridized carbons (Fsp3) is 0.